The zero-order valence-corrected chi connectivity index (χ0v) is 16.8. The largest absolute Gasteiger partial charge is 0.341 e. The molecule has 4 rings (SSSR count). The van der Waals surface area contributed by atoms with E-state index in [0.29, 0.717) is 17.1 Å². The van der Waals surface area contributed by atoms with Crippen LogP contribution in [0.2, 0.25) is 0 Å². The summed E-state index contributed by atoms with van der Waals surface area (Å²) in [6.07, 6.45) is 8.84. The van der Waals surface area contributed by atoms with Gasteiger partial charge in [-0.25, -0.2) is 9.97 Å². The van der Waals surface area contributed by atoms with Gasteiger partial charge < -0.3 is 15.1 Å². The molecule has 0 bridgehead atoms. The Morgan fingerprint density at radius 1 is 1.04 bits per heavy atom. The van der Waals surface area contributed by atoms with Gasteiger partial charge >= 0.3 is 0 Å². The van der Waals surface area contributed by atoms with Crippen molar-refractivity contribution in [2.24, 2.45) is 5.41 Å². The number of hydrogen-bond donors (Lipinski definition) is 1. The van der Waals surface area contributed by atoms with Gasteiger partial charge in [0.25, 0.3) is 5.91 Å². The van der Waals surface area contributed by atoms with Gasteiger partial charge in [0.1, 0.15) is 5.69 Å². The number of likely N-dealkylation sites (tertiary alicyclic amines) is 1. The number of nitrogens with one attached hydrogen (secondary N) is 1. The highest BCUT2D eigenvalue weighted by molar-refractivity contribution is 5.92. The van der Waals surface area contributed by atoms with Crippen LogP contribution in [0.15, 0.2) is 12.3 Å². The summed E-state index contributed by atoms with van der Waals surface area (Å²) < 4.78 is 0. The third-order valence-corrected chi connectivity index (χ3v) is 5.94. The molecule has 0 aliphatic carbocycles. The molecule has 1 aromatic heterocycles. The maximum absolute atomic E-state index is 12.8. The molecule has 0 aromatic carbocycles. The van der Waals surface area contributed by atoms with Crippen molar-refractivity contribution in [1.29, 1.82) is 0 Å². The molecule has 0 unspecified atom stereocenters. The fourth-order valence-corrected chi connectivity index (χ4v) is 4.28. The number of anilines is 1. The van der Waals surface area contributed by atoms with Crippen molar-refractivity contribution in [2.75, 3.05) is 44.2 Å². The van der Waals surface area contributed by atoms with Crippen LogP contribution in [0, 0.1) is 5.41 Å². The standard InChI is InChI=1S/C18H27N5O.2ClH/c24-16(22-12-6-18(7-13-22)5-9-19-14-18)15-4-8-20-17(21-15)23-10-2-1-3-11-23;;/h4,8,19H,1-3,5-7,9-14H2;2*1H. The third kappa shape index (κ3) is 4.41. The van der Waals surface area contributed by atoms with Gasteiger partial charge in [-0.2, -0.15) is 0 Å². The van der Waals surface area contributed by atoms with E-state index in [2.05, 4.69) is 20.2 Å². The van der Waals surface area contributed by atoms with Crippen LogP contribution in [0.4, 0.5) is 5.95 Å². The maximum atomic E-state index is 12.8. The Morgan fingerprint density at radius 2 is 1.77 bits per heavy atom. The Hall–Kier alpha value is -1.11. The fourth-order valence-electron chi connectivity index (χ4n) is 4.28. The lowest BCUT2D eigenvalue weighted by Crippen LogP contribution is -2.44. The summed E-state index contributed by atoms with van der Waals surface area (Å²) >= 11 is 0. The first-order valence-electron chi connectivity index (χ1n) is 9.34. The van der Waals surface area contributed by atoms with E-state index in [1.807, 2.05) is 4.90 Å². The van der Waals surface area contributed by atoms with E-state index in [1.165, 1.54) is 25.7 Å². The number of halogens is 2. The topological polar surface area (TPSA) is 61.4 Å². The molecule has 0 saturated carbocycles. The van der Waals surface area contributed by atoms with Crippen LogP contribution in [0.5, 0.6) is 0 Å². The Bertz CT molecular complexity index is 593. The van der Waals surface area contributed by atoms with Crippen molar-refractivity contribution >= 4 is 36.7 Å². The molecule has 1 aromatic rings. The SMILES string of the molecule is Cl.Cl.O=C(c1ccnc(N2CCCCC2)n1)N1CCC2(CCNC2)CC1. The molecular weight excluding hydrogens is 373 g/mol. The summed E-state index contributed by atoms with van der Waals surface area (Å²) in [7, 11) is 0. The van der Waals surface area contributed by atoms with Crippen molar-refractivity contribution in [3.8, 4) is 0 Å². The molecular formula is C18H29Cl2N5O. The second-order valence-corrected chi connectivity index (χ2v) is 7.51. The summed E-state index contributed by atoms with van der Waals surface area (Å²) in [6.45, 7) is 5.93. The van der Waals surface area contributed by atoms with Crippen molar-refractivity contribution in [3.05, 3.63) is 18.0 Å². The van der Waals surface area contributed by atoms with Gasteiger partial charge in [0.2, 0.25) is 5.95 Å². The maximum Gasteiger partial charge on any atom is 0.272 e. The average Bonchev–Trinajstić information content (AvgIpc) is 3.11. The molecule has 4 heterocycles. The van der Waals surface area contributed by atoms with Crippen LogP contribution in [0.3, 0.4) is 0 Å². The normalized spacial score (nSPS) is 21.8. The van der Waals surface area contributed by atoms with Gasteiger partial charge in [0, 0.05) is 38.9 Å². The molecule has 146 valence electrons. The number of piperidine rings is 2. The summed E-state index contributed by atoms with van der Waals surface area (Å²) in [4.78, 5) is 26.0. The minimum absolute atomic E-state index is 0. The summed E-state index contributed by atoms with van der Waals surface area (Å²) in [5, 5.41) is 3.47. The minimum atomic E-state index is 0. The van der Waals surface area contributed by atoms with Gasteiger partial charge in [-0.1, -0.05) is 0 Å². The smallest absolute Gasteiger partial charge is 0.272 e. The number of amides is 1. The van der Waals surface area contributed by atoms with Gasteiger partial charge in [0.15, 0.2) is 0 Å². The fraction of sp³-hybridized carbons (Fsp3) is 0.722. The molecule has 3 aliphatic rings. The number of aromatic nitrogens is 2. The number of hydrogen-bond acceptors (Lipinski definition) is 5. The Balaban J connectivity index is 0.00000121. The molecule has 8 heteroatoms. The minimum Gasteiger partial charge on any atom is -0.341 e. The molecule has 3 fully saturated rings. The molecule has 1 spiro atoms. The molecule has 1 amide bonds. The molecule has 26 heavy (non-hydrogen) atoms. The molecule has 3 saturated heterocycles. The van der Waals surface area contributed by atoms with E-state index in [9.17, 15) is 4.79 Å². The van der Waals surface area contributed by atoms with E-state index in [1.54, 1.807) is 12.3 Å². The van der Waals surface area contributed by atoms with Crippen LogP contribution in [-0.2, 0) is 0 Å². The number of carbonyl (C=O) groups excluding carboxylic acids is 1. The quantitative estimate of drug-likeness (QED) is 0.824. The lowest BCUT2D eigenvalue weighted by atomic mass is 9.78. The van der Waals surface area contributed by atoms with E-state index < -0.39 is 0 Å². The zero-order chi connectivity index (χ0) is 16.4. The van der Waals surface area contributed by atoms with E-state index in [0.717, 1.165) is 52.1 Å². The van der Waals surface area contributed by atoms with E-state index in [4.69, 9.17) is 0 Å². The second-order valence-electron chi connectivity index (χ2n) is 7.51. The Labute approximate surface area is 167 Å². The zero-order valence-electron chi connectivity index (χ0n) is 15.2. The van der Waals surface area contributed by atoms with Crippen molar-refractivity contribution in [1.82, 2.24) is 20.2 Å². The van der Waals surface area contributed by atoms with Crippen molar-refractivity contribution in [2.45, 2.75) is 38.5 Å². The van der Waals surface area contributed by atoms with Crippen molar-refractivity contribution < 1.29 is 4.79 Å². The molecule has 0 atom stereocenters. The van der Waals surface area contributed by atoms with Crippen LogP contribution in [0.25, 0.3) is 0 Å². The molecule has 3 aliphatic heterocycles. The Kier molecular flexibility index (Phi) is 7.50. The van der Waals surface area contributed by atoms with Gasteiger partial charge in [-0.15, -0.1) is 24.8 Å². The monoisotopic (exact) mass is 401 g/mol. The van der Waals surface area contributed by atoms with Gasteiger partial charge in [-0.05, 0) is 56.6 Å². The molecule has 1 N–H and O–H groups in total. The highest BCUT2D eigenvalue weighted by Gasteiger charge is 2.38. The van der Waals surface area contributed by atoms with Crippen molar-refractivity contribution in [3.63, 3.8) is 0 Å². The summed E-state index contributed by atoms with van der Waals surface area (Å²) in [5.74, 6) is 0.783. The van der Waals surface area contributed by atoms with Gasteiger partial charge in [-0.3, -0.25) is 4.79 Å². The highest BCUT2D eigenvalue weighted by Crippen LogP contribution is 2.37. The first-order chi connectivity index (χ1) is 11.8. The molecule has 6 nitrogen and oxygen atoms in total. The van der Waals surface area contributed by atoms with Crippen LogP contribution >= 0.6 is 24.8 Å². The highest BCUT2D eigenvalue weighted by atomic mass is 35.5. The summed E-state index contributed by atoms with van der Waals surface area (Å²) in [6, 6.07) is 1.76. The average molecular weight is 402 g/mol. The van der Waals surface area contributed by atoms with Crippen LogP contribution < -0.4 is 10.2 Å². The Morgan fingerprint density at radius 3 is 2.42 bits per heavy atom. The predicted octanol–water partition coefficient (Wildman–Crippen LogP) is 2.53. The lowest BCUT2D eigenvalue weighted by Gasteiger charge is -2.38. The second kappa shape index (κ2) is 9.20. The predicted molar refractivity (Wildman–Crippen MR) is 108 cm³/mol. The first kappa shape index (κ1) is 21.2. The number of carbonyl (C=O) groups is 1. The van der Waals surface area contributed by atoms with Crippen LogP contribution in [-0.4, -0.2) is 60.0 Å². The third-order valence-electron chi connectivity index (χ3n) is 5.94. The van der Waals surface area contributed by atoms with Gasteiger partial charge in [0.05, 0.1) is 0 Å². The lowest BCUT2D eigenvalue weighted by molar-refractivity contribution is 0.0602. The first-order valence-corrected chi connectivity index (χ1v) is 9.34. The molecule has 0 radical (unpaired) electrons. The van der Waals surface area contributed by atoms with E-state index >= 15 is 0 Å². The van der Waals surface area contributed by atoms with E-state index in [-0.39, 0.29) is 30.7 Å². The van der Waals surface area contributed by atoms with Crippen LogP contribution in [0.1, 0.15) is 49.0 Å². The number of rotatable bonds is 2. The summed E-state index contributed by atoms with van der Waals surface area (Å²) in [5.41, 5.74) is 0.979. The number of nitrogens with zero attached hydrogens (tertiary/aromatic N) is 4.